The highest BCUT2D eigenvalue weighted by molar-refractivity contribution is 5.93. The molecule has 5 nitrogen and oxygen atoms in total. The van der Waals surface area contributed by atoms with Gasteiger partial charge in [0.05, 0.1) is 12.6 Å². The Morgan fingerprint density at radius 1 is 1.03 bits per heavy atom. The zero-order valence-corrected chi connectivity index (χ0v) is 17.3. The Labute approximate surface area is 172 Å². The quantitative estimate of drug-likeness (QED) is 0.870. The van der Waals surface area contributed by atoms with E-state index in [1.165, 1.54) is 11.1 Å². The van der Waals surface area contributed by atoms with Gasteiger partial charge in [-0.2, -0.15) is 0 Å². The molecule has 29 heavy (non-hydrogen) atoms. The first-order valence-electron chi connectivity index (χ1n) is 10.5. The van der Waals surface area contributed by atoms with Crippen molar-refractivity contribution in [3.05, 3.63) is 64.7 Å². The van der Waals surface area contributed by atoms with Crippen LogP contribution in [0.15, 0.2) is 42.5 Å². The zero-order chi connectivity index (χ0) is 20.4. The summed E-state index contributed by atoms with van der Waals surface area (Å²) >= 11 is 0. The van der Waals surface area contributed by atoms with Gasteiger partial charge in [-0.3, -0.25) is 14.5 Å². The number of carbonyl (C=O) groups is 2. The van der Waals surface area contributed by atoms with Crippen LogP contribution in [0.25, 0.3) is 0 Å². The van der Waals surface area contributed by atoms with E-state index in [1.807, 2.05) is 54.0 Å². The Morgan fingerprint density at radius 3 is 2.52 bits per heavy atom. The Balaban J connectivity index is 1.53. The molecule has 2 aliphatic heterocycles. The maximum atomic E-state index is 13.2. The highest BCUT2D eigenvalue weighted by Gasteiger charge is 2.35. The van der Waals surface area contributed by atoms with Crippen molar-refractivity contribution in [3.8, 4) is 0 Å². The second-order valence-corrected chi connectivity index (χ2v) is 8.29. The summed E-state index contributed by atoms with van der Waals surface area (Å²) in [4.78, 5) is 30.1. The number of carbonyl (C=O) groups excluding carboxylic acids is 2. The highest BCUT2D eigenvalue weighted by Crippen LogP contribution is 2.26. The van der Waals surface area contributed by atoms with Gasteiger partial charge >= 0.3 is 0 Å². The van der Waals surface area contributed by atoms with Crippen molar-refractivity contribution in [2.75, 3.05) is 25.0 Å². The molecule has 0 spiro atoms. The molecule has 2 heterocycles. The molecule has 5 heteroatoms. The third-order valence-corrected chi connectivity index (χ3v) is 6.06. The molecule has 152 valence electrons. The largest absolute Gasteiger partial charge is 0.341 e. The summed E-state index contributed by atoms with van der Waals surface area (Å²) < 4.78 is 0. The number of anilines is 1. The maximum absolute atomic E-state index is 13.2. The Bertz CT molecular complexity index is 918. The first-order valence-corrected chi connectivity index (χ1v) is 10.5. The predicted octanol–water partition coefficient (Wildman–Crippen LogP) is 3.29. The van der Waals surface area contributed by atoms with Crippen LogP contribution in [0.3, 0.4) is 0 Å². The van der Waals surface area contributed by atoms with E-state index in [9.17, 15) is 9.59 Å². The van der Waals surface area contributed by atoms with Gasteiger partial charge in [0, 0.05) is 25.3 Å². The third-order valence-electron chi connectivity index (χ3n) is 6.06. The van der Waals surface area contributed by atoms with E-state index < -0.39 is 0 Å². The van der Waals surface area contributed by atoms with E-state index in [0.29, 0.717) is 13.0 Å². The SMILES string of the molecule is Cc1ccc(C)c(NC(=O)CN2Cc3ccccc3C[C@H]2C(=O)N2CCCC2)c1. The van der Waals surface area contributed by atoms with Crippen molar-refractivity contribution in [3.63, 3.8) is 0 Å². The minimum Gasteiger partial charge on any atom is -0.341 e. The Hall–Kier alpha value is -2.66. The summed E-state index contributed by atoms with van der Waals surface area (Å²) in [5, 5.41) is 3.05. The molecule has 2 aromatic carbocycles. The van der Waals surface area contributed by atoms with Crippen molar-refractivity contribution in [1.29, 1.82) is 0 Å². The smallest absolute Gasteiger partial charge is 0.240 e. The number of nitrogens with one attached hydrogen (secondary N) is 1. The van der Waals surface area contributed by atoms with Crippen molar-refractivity contribution >= 4 is 17.5 Å². The Morgan fingerprint density at radius 2 is 1.76 bits per heavy atom. The van der Waals surface area contributed by atoms with Gasteiger partial charge < -0.3 is 10.2 Å². The van der Waals surface area contributed by atoms with Gasteiger partial charge in [-0.05, 0) is 61.4 Å². The third kappa shape index (κ3) is 4.35. The molecule has 0 unspecified atom stereocenters. The number of benzene rings is 2. The van der Waals surface area contributed by atoms with Gasteiger partial charge in [-0.25, -0.2) is 0 Å². The van der Waals surface area contributed by atoms with Gasteiger partial charge in [-0.1, -0.05) is 36.4 Å². The molecule has 1 fully saturated rings. The highest BCUT2D eigenvalue weighted by atomic mass is 16.2. The second-order valence-electron chi connectivity index (χ2n) is 8.29. The van der Waals surface area contributed by atoms with Crippen LogP contribution in [0, 0.1) is 13.8 Å². The molecule has 1 atom stereocenters. The average molecular weight is 392 g/mol. The first-order chi connectivity index (χ1) is 14.0. The van der Waals surface area contributed by atoms with Crippen LogP contribution in [-0.4, -0.2) is 47.3 Å². The summed E-state index contributed by atoms with van der Waals surface area (Å²) in [7, 11) is 0. The fourth-order valence-electron chi connectivity index (χ4n) is 4.38. The molecule has 1 saturated heterocycles. The number of aryl methyl sites for hydroxylation is 2. The maximum Gasteiger partial charge on any atom is 0.240 e. The predicted molar refractivity (Wildman–Crippen MR) is 115 cm³/mol. The number of amides is 2. The van der Waals surface area contributed by atoms with Crippen molar-refractivity contribution in [2.24, 2.45) is 0 Å². The molecular formula is C24H29N3O2. The van der Waals surface area contributed by atoms with Crippen molar-refractivity contribution in [1.82, 2.24) is 9.80 Å². The van der Waals surface area contributed by atoms with Crippen LogP contribution in [0.1, 0.15) is 35.1 Å². The van der Waals surface area contributed by atoms with E-state index >= 15 is 0 Å². The van der Waals surface area contributed by atoms with E-state index in [4.69, 9.17) is 0 Å². The topological polar surface area (TPSA) is 52.7 Å². The standard InChI is InChI=1S/C24H29N3O2/c1-17-9-10-18(2)21(13-17)25-23(28)16-27-15-20-8-4-3-7-19(20)14-22(27)24(29)26-11-5-6-12-26/h3-4,7-10,13,22H,5-6,11-12,14-16H2,1-2H3,(H,25,28)/t22-/m0/s1. The van der Waals surface area contributed by atoms with E-state index in [2.05, 4.69) is 17.4 Å². The van der Waals surface area contributed by atoms with Crippen molar-refractivity contribution in [2.45, 2.75) is 45.7 Å². The summed E-state index contributed by atoms with van der Waals surface area (Å²) in [5.74, 6) is 0.0915. The van der Waals surface area contributed by atoms with Crippen molar-refractivity contribution < 1.29 is 9.59 Å². The summed E-state index contributed by atoms with van der Waals surface area (Å²) in [6.07, 6.45) is 2.81. The molecule has 4 rings (SSSR count). The van der Waals surface area contributed by atoms with Crippen LogP contribution in [0.4, 0.5) is 5.69 Å². The molecular weight excluding hydrogens is 362 g/mol. The number of rotatable bonds is 4. The summed E-state index contributed by atoms with van der Waals surface area (Å²) in [6.45, 7) is 6.51. The number of likely N-dealkylation sites (tertiary alicyclic amines) is 1. The Kier molecular flexibility index (Phi) is 5.67. The number of hydrogen-bond acceptors (Lipinski definition) is 3. The lowest BCUT2D eigenvalue weighted by Gasteiger charge is -2.37. The van der Waals surface area contributed by atoms with Crippen LogP contribution < -0.4 is 5.32 Å². The van der Waals surface area contributed by atoms with E-state index in [0.717, 1.165) is 42.7 Å². The van der Waals surface area contributed by atoms with Gasteiger partial charge in [-0.15, -0.1) is 0 Å². The fourth-order valence-corrected chi connectivity index (χ4v) is 4.38. The molecule has 2 amide bonds. The van der Waals surface area contributed by atoms with E-state index in [-0.39, 0.29) is 24.4 Å². The summed E-state index contributed by atoms with van der Waals surface area (Å²) in [6, 6.07) is 14.0. The number of fused-ring (bicyclic) bond motifs is 1. The zero-order valence-electron chi connectivity index (χ0n) is 17.3. The van der Waals surface area contributed by atoms with Crippen LogP contribution in [-0.2, 0) is 22.6 Å². The lowest BCUT2D eigenvalue weighted by atomic mass is 9.93. The minimum absolute atomic E-state index is 0.0719. The van der Waals surface area contributed by atoms with Crippen LogP contribution in [0.2, 0.25) is 0 Å². The molecule has 2 aliphatic rings. The average Bonchev–Trinajstić information content (AvgIpc) is 3.24. The van der Waals surface area contributed by atoms with Gasteiger partial charge in [0.2, 0.25) is 11.8 Å². The normalized spacial score (nSPS) is 19.1. The lowest BCUT2D eigenvalue weighted by molar-refractivity contribution is -0.137. The molecule has 0 bridgehead atoms. The van der Waals surface area contributed by atoms with Gasteiger partial charge in [0.25, 0.3) is 0 Å². The van der Waals surface area contributed by atoms with Crippen LogP contribution >= 0.6 is 0 Å². The fraction of sp³-hybridized carbons (Fsp3) is 0.417. The molecule has 1 N–H and O–H groups in total. The van der Waals surface area contributed by atoms with Gasteiger partial charge in [0.15, 0.2) is 0 Å². The lowest BCUT2D eigenvalue weighted by Crippen LogP contribution is -2.52. The molecule has 0 aliphatic carbocycles. The molecule has 0 saturated carbocycles. The first kappa shape index (κ1) is 19.6. The monoisotopic (exact) mass is 391 g/mol. The van der Waals surface area contributed by atoms with E-state index in [1.54, 1.807) is 0 Å². The van der Waals surface area contributed by atoms with Crippen LogP contribution in [0.5, 0.6) is 0 Å². The molecule has 2 aromatic rings. The summed E-state index contributed by atoms with van der Waals surface area (Å²) in [5.41, 5.74) is 5.42. The second kappa shape index (κ2) is 8.37. The van der Waals surface area contributed by atoms with Gasteiger partial charge in [0.1, 0.15) is 0 Å². The molecule has 0 radical (unpaired) electrons. The minimum atomic E-state index is -0.271. The number of nitrogens with zero attached hydrogens (tertiary/aromatic N) is 2. The molecule has 0 aromatic heterocycles. The number of hydrogen-bond donors (Lipinski definition) is 1.